The fourth-order valence-electron chi connectivity index (χ4n) is 1.10. The Balaban J connectivity index is 4.68. The Labute approximate surface area is 105 Å². The van der Waals surface area contributed by atoms with E-state index >= 15 is 0 Å². The van der Waals surface area contributed by atoms with Gasteiger partial charge < -0.3 is 14.7 Å². The molecule has 0 bridgehead atoms. The van der Waals surface area contributed by atoms with Crippen molar-refractivity contribution in [1.29, 1.82) is 0 Å². The minimum atomic E-state index is -0.448. The Hall–Kier alpha value is -0.580. The highest BCUT2D eigenvalue weighted by Crippen LogP contribution is 2.20. The summed E-state index contributed by atoms with van der Waals surface area (Å²) in [5.74, 6) is 1.15. The third kappa shape index (κ3) is 6.05. The highest BCUT2D eigenvalue weighted by atomic mass is 16.5. The molecule has 0 aliphatic heterocycles. The summed E-state index contributed by atoms with van der Waals surface area (Å²) < 4.78 is 10.9. The van der Waals surface area contributed by atoms with Crippen molar-refractivity contribution in [2.75, 3.05) is 20.8 Å². The van der Waals surface area contributed by atoms with Crippen molar-refractivity contribution in [2.45, 2.75) is 46.3 Å². The minimum Gasteiger partial charge on any atom is -0.495 e. The highest BCUT2D eigenvalue weighted by Gasteiger charge is 2.22. The van der Waals surface area contributed by atoms with Gasteiger partial charge in [0.1, 0.15) is 6.61 Å². The van der Waals surface area contributed by atoms with E-state index in [0.717, 1.165) is 5.76 Å². The zero-order chi connectivity index (χ0) is 13.6. The van der Waals surface area contributed by atoms with E-state index in [1.54, 1.807) is 14.2 Å². The lowest BCUT2D eigenvalue weighted by atomic mass is 10.0. The molecule has 0 aromatic carbocycles. The quantitative estimate of drug-likeness (QED) is 0.553. The molecule has 0 fully saturated rings. The van der Waals surface area contributed by atoms with E-state index in [9.17, 15) is 5.21 Å². The maximum atomic E-state index is 9.54. The standard InChI is InChI=1S/C13H27NO3/c1-10(2)12(17-9-11(3)16-7)8-13(4,5)14(6)15/h8,10-11,15H,9H2,1-7H3/b12-8+. The van der Waals surface area contributed by atoms with Crippen LogP contribution in [0.1, 0.15) is 34.6 Å². The van der Waals surface area contributed by atoms with Crippen LogP contribution < -0.4 is 0 Å². The first kappa shape index (κ1) is 16.4. The number of hydrogen-bond acceptors (Lipinski definition) is 4. The zero-order valence-corrected chi connectivity index (χ0v) is 12.2. The van der Waals surface area contributed by atoms with E-state index in [1.165, 1.54) is 5.06 Å². The van der Waals surface area contributed by atoms with Crippen LogP contribution in [-0.4, -0.2) is 42.7 Å². The van der Waals surface area contributed by atoms with Crippen LogP contribution in [0.4, 0.5) is 0 Å². The molecule has 0 radical (unpaired) electrons. The first-order chi connectivity index (χ1) is 7.70. The predicted molar refractivity (Wildman–Crippen MR) is 69.0 cm³/mol. The van der Waals surface area contributed by atoms with Gasteiger partial charge in [-0.3, -0.25) is 0 Å². The first-order valence-electron chi connectivity index (χ1n) is 6.01. The van der Waals surface area contributed by atoms with Crippen LogP contribution in [0.5, 0.6) is 0 Å². The monoisotopic (exact) mass is 245 g/mol. The number of allylic oxidation sites excluding steroid dienone is 1. The molecule has 0 aliphatic carbocycles. The van der Waals surface area contributed by atoms with E-state index in [0.29, 0.717) is 6.61 Å². The summed E-state index contributed by atoms with van der Waals surface area (Å²) in [5, 5.41) is 10.7. The second kappa shape index (κ2) is 6.99. The molecule has 0 aromatic rings. The molecule has 0 aromatic heterocycles. The lowest BCUT2D eigenvalue weighted by molar-refractivity contribution is -0.122. The maximum absolute atomic E-state index is 9.54. The Morgan fingerprint density at radius 3 is 2.24 bits per heavy atom. The Kier molecular flexibility index (Phi) is 6.75. The van der Waals surface area contributed by atoms with Gasteiger partial charge in [-0.15, -0.1) is 0 Å². The summed E-state index contributed by atoms with van der Waals surface area (Å²) >= 11 is 0. The van der Waals surface area contributed by atoms with E-state index in [-0.39, 0.29) is 12.0 Å². The molecule has 1 atom stereocenters. The van der Waals surface area contributed by atoms with Crippen molar-refractivity contribution in [2.24, 2.45) is 5.92 Å². The number of methoxy groups -OCH3 is 1. The number of nitrogens with zero attached hydrogens (tertiary/aromatic N) is 1. The first-order valence-corrected chi connectivity index (χ1v) is 6.01. The summed E-state index contributed by atoms with van der Waals surface area (Å²) in [7, 11) is 3.30. The summed E-state index contributed by atoms with van der Waals surface area (Å²) in [6.07, 6.45) is 2.01. The molecular formula is C13H27NO3. The number of hydrogen-bond donors (Lipinski definition) is 1. The second-order valence-corrected chi connectivity index (χ2v) is 5.24. The van der Waals surface area contributed by atoms with Crippen LogP contribution in [0.3, 0.4) is 0 Å². The number of rotatable bonds is 7. The van der Waals surface area contributed by atoms with Crippen molar-refractivity contribution in [1.82, 2.24) is 5.06 Å². The third-order valence-corrected chi connectivity index (χ3v) is 2.79. The van der Waals surface area contributed by atoms with Gasteiger partial charge in [0.05, 0.1) is 17.4 Å². The average Bonchev–Trinajstić information content (AvgIpc) is 2.22. The van der Waals surface area contributed by atoms with Gasteiger partial charge in [0.15, 0.2) is 0 Å². The van der Waals surface area contributed by atoms with Crippen molar-refractivity contribution >= 4 is 0 Å². The lowest BCUT2D eigenvalue weighted by Crippen LogP contribution is -2.37. The summed E-state index contributed by atoms with van der Waals surface area (Å²) in [6.45, 7) is 10.5. The van der Waals surface area contributed by atoms with Gasteiger partial charge in [-0.2, -0.15) is 5.06 Å². The van der Waals surface area contributed by atoms with Crippen molar-refractivity contribution in [3.8, 4) is 0 Å². The summed E-state index contributed by atoms with van der Waals surface area (Å²) in [4.78, 5) is 0. The second-order valence-electron chi connectivity index (χ2n) is 5.24. The van der Waals surface area contributed by atoms with Crippen LogP contribution in [0.15, 0.2) is 11.8 Å². The molecule has 0 heterocycles. The fraction of sp³-hybridized carbons (Fsp3) is 0.846. The molecular weight excluding hydrogens is 218 g/mol. The third-order valence-electron chi connectivity index (χ3n) is 2.79. The molecule has 4 heteroatoms. The number of ether oxygens (including phenoxy) is 2. The molecule has 1 unspecified atom stereocenters. The van der Waals surface area contributed by atoms with Gasteiger partial charge in [0.2, 0.25) is 0 Å². The fourth-order valence-corrected chi connectivity index (χ4v) is 1.10. The molecule has 1 N–H and O–H groups in total. The SMILES string of the molecule is COC(C)CO/C(=C/C(C)(C)N(C)O)C(C)C. The predicted octanol–water partition coefficient (Wildman–Crippen LogP) is 2.68. The van der Waals surface area contributed by atoms with Crippen LogP contribution >= 0.6 is 0 Å². The number of likely N-dealkylation sites (N-methyl/N-ethyl adjacent to an activating group) is 1. The van der Waals surface area contributed by atoms with E-state index in [2.05, 4.69) is 13.8 Å². The number of hydroxylamine groups is 2. The summed E-state index contributed by atoms with van der Waals surface area (Å²) in [5.41, 5.74) is -0.448. The van der Waals surface area contributed by atoms with Crippen LogP contribution in [-0.2, 0) is 9.47 Å². The van der Waals surface area contributed by atoms with Gasteiger partial charge in [-0.25, -0.2) is 0 Å². The highest BCUT2D eigenvalue weighted by molar-refractivity contribution is 5.07. The van der Waals surface area contributed by atoms with E-state index in [1.807, 2.05) is 26.8 Å². The van der Waals surface area contributed by atoms with Crippen molar-refractivity contribution < 1.29 is 14.7 Å². The Morgan fingerprint density at radius 2 is 1.88 bits per heavy atom. The lowest BCUT2D eigenvalue weighted by Gasteiger charge is -2.29. The topological polar surface area (TPSA) is 41.9 Å². The van der Waals surface area contributed by atoms with Crippen LogP contribution in [0.2, 0.25) is 0 Å². The molecule has 0 saturated heterocycles. The molecule has 4 nitrogen and oxygen atoms in total. The van der Waals surface area contributed by atoms with Gasteiger partial charge in [0, 0.05) is 20.1 Å². The van der Waals surface area contributed by atoms with Crippen LogP contribution in [0, 0.1) is 5.92 Å². The van der Waals surface area contributed by atoms with Gasteiger partial charge >= 0.3 is 0 Å². The van der Waals surface area contributed by atoms with Crippen LogP contribution in [0.25, 0.3) is 0 Å². The largest absolute Gasteiger partial charge is 0.495 e. The van der Waals surface area contributed by atoms with E-state index < -0.39 is 5.54 Å². The Bertz CT molecular complexity index is 247. The average molecular weight is 245 g/mol. The smallest absolute Gasteiger partial charge is 0.114 e. The molecule has 102 valence electrons. The molecule has 17 heavy (non-hydrogen) atoms. The van der Waals surface area contributed by atoms with Crippen molar-refractivity contribution in [3.63, 3.8) is 0 Å². The Morgan fingerprint density at radius 1 is 1.35 bits per heavy atom. The summed E-state index contributed by atoms with van der Waals surface area (Å²) in [6, 6.07) is 0. The van der Waals surface area contributed by atoms with E-state index in [4.69, 9.17) is 9.47 Å². The van der Waals surface area contributed by atoms with Crippen molar-refractivity contribution in [3.05, 3.63) is 11.8 Å². The molecule has 0 saturated carbocycles. The van der Waals surface area contributed by atoms with Gasteiger partial charge in [0.25, 0.3) is 0 Å². The molecule has 0 spiro atoms. The normalized spacial score (nSPS) is 15.5. The van der Waals surface area contributed by atoms with Gasteiger partial charge in [-0.1, -0.05) is 13.8 Å². The molecule has 0 rings (SSSR count). The minimum absolute atomic E-state index is 0.0621. The zero-order valence-electron chi connectivity index (χ0n) is 12.2. The maximum Gasteiger partial charge on any atom is 0.114 e. The molecule has 0 amide bonds. The molecule has 0 aliphatic rings. The van der Waals surface area contributed by atoms with Gasteiger partial charge in [-0.05, 0) is 26.8 Å².